The number of thioether (sulfide) groups is 1. The maximum absolute atomic E-state index is 12.8. The number of hydrogen-bond acceptors (Lipinski definition) is 10. The zero-order valence-corrected chi connectivity index (χ0v) is 24.9. The average molecular weight is 599 g/mol. The lowest BCUT2D eigenvalue weighted by Gasteiger charge is -2.35. The summed E-state index contributed by atoms with van der Waals surface area (Å²) in [4.78, 5) is 31.3. The topological polar surface area (TPSA) is 102 Å². The van der Waals surface area contributed by atoms with Gasteiger partial charge in [-0.1, -0.05) is 36.0 Å². The highest BCUT2D eigenvalue weighted by molar-refractivity contribution is 7.98. The van der Waals surface area contributed by atoms with Crippen LogP contribution in [0.3, 0.4) is 0 Å². The summed E-state index contributed by atoms with van der Waals surface area (Å²) in [5.74, 6) is 3.07. The van der Waals surface area contributed by atoms with Crippen molar-refractivity contribution < 1.29 is 19.0 Å². The highest BCUT2D eigenvalue weighted by Crippen LogP contribution is 2.33. The smallest absolute Gasteiger partial charge is 0.251 e. The molecule has 0 radical (unpaired) electrons. The molecule has 1 amide bonds. The summed E-state index contributed by atoms with van der Waals surface area (Å²) in [7, 11) is 1.67. The number of aromatic nitrogens is 3. The Morgan fingerprint density at radius 2 is 1.81 bits per heavy atom. The quantitative estimate of drug-likeness (QED) is 0.199. The fourth-order valence-corrected chi connectivity index (χ4v) is 5.89. The third kappa shape index (κ3) is 7.61. The number of carbonyl (C=O) groups excluding carboxylic acids is 1. The monoisotopic (exact) mass is 598 g/mol. The fourth-order valence-electron chi connectivity index (χ4n) is 5.08. The number of pyridine rings is 1. The second-order valence-corrected chi connectivity index (χ2v) is 11.4. The Hall–Kier alpha value is -4.19. The van der Waals surface area contributed by atoms with Gasteiger partial charge in [-0.3, -0.25) is 14.7 Å². The maximum Gasteiger partial charge on any atom is 0.251 e. The van der Waals surface area contributed by atoms with Crippen LogP contribution >= 0.6 is 11.8 Å². The number of amides is 1. The zero-order chi connectivity index (χ0) is 29.4. The van der Waals surface area contributed by atoms with Crippen LogP contribution in [-0.2, 0) is 30.2 Å². The van der Waals surface area contributed by atoms with Crippen LogP contribution in [0.2, 0.25) is 0 Å². The van der Waals surface area contributed by atoms with Crippen LogP contribution in [0.1, 0.15) is 32.7 Å². The van der Waals surface area contributed by atoms with Crippen molar-refractivity contribution in [3.8, 4) is 11.5 Å². The van der Waals surface area contributed by atoms with Gasteiger partial charge in [-0.05, 0) is 47.0 Å². The minimum atomic E-state index is -0.117. The molecule has 2 aliphatic rings. The molecule has 11 heteroatoms. The molecule has 0 bridgehead atoms. The average Bonchev–Trinajstić information content (AvgIpc) is 3.52. The molecular formula is C32H34N6O4S. The molecule has 0 spiro atoms. The minimum Gasteiger partial charge on any atom is -0.454 e. The van der Waals surface area contributed by atoms with Crippen LogP contribution in [0.25, 0.3) is 0 Å². The number of methoxy groups -OCH3 is 1. The first-order valence-corrected chi connectivity index (χ1v) is 15.2. The first-order chi connectivity index (χ1) is 21.1. The minimum absolute atomic E-state index is 0.117. The Labute approximate surface area is 255 Å². The second-order valence-electron chi connectivity index (χ2n) is 10.4. The van der Waals surface area contributed by atoms with Crippen molar-refractivity contribution in [2.24, 2.45) is 0 Å². The molecule has 1 saturated heterocycles. The summed E-state index contributed by atoms with van der Waals surface area (Å²) < 4.78 is 16.4. The number of anilines is 1. The van der Waals surface area contributed by atoms with E-state index >= 15 is 0 Å². The predicted octanol–water partition coefficient (Wildman–Crippen LogP) is 4.29. The maximum atomic E-state index is 12.8. The second kappa shape index (κ2) is 13.9. The lowest BCUT2D eigenvalue weighted by molar-refractivity contribution is 0.0950. The van der Waals surface area contributed by atoms with Crippen LogP contribution in [0.5, 0.6) is 11.5 Å². The van der Waals surface area contributed by atoms with Crippen LogP contribution in [0.15, 0.2) is 78.2 Å². The molecule has 43 heavy (non-hydrogen) atoms. The summed E-state index contributed by atoms with van der Waals surface area (Å²) in [6.45, 7) is 5.60. The van der Waals surface area contributed by atoms with Crippen LogP contribution in [0, 0.1) is 0 Å². The Morgan fingerprint density at radius 3 is 2.65 bits per heavy atom. The highest BCUT2D eigenvalue weighted by Gasteiger charge is 2.21. The van der Waals surface area contributed by atoms with Crippen LogP contribution in [-0.4, -0.2) is 65.8 Å². The predicted molar refractivity (Wildman–Crippen MR) is 164 cm³/mol. The molecule has 1 fully saturated rings. The molecule has 1 N–H and O–H groups in total. The van der Waals surface area contributed by atoms with Gasteiger partial charge < -0.3 is 24.4 Å². The highest BCUT2D eigenvalue weighted by atomic mass is 32.2. The van der Waals surface area contributed by atoms with E-state index in [4.69, 9.17) is 24.2 Å². The molecule has 2 aromatic carbocycles. The first-order valence-electron chi connectivity index (χ1n) is 14.2. The number of piperazine rings is 1. The van der Waals surface area contributed by atoms with E-state index in [2.05, 4.69) is 32.2 Å². The van der Waals surface area contributed by atoms with Crippen molar-refractivity contribution in [2.75, 3.05) is 45.0 Å². The van der Waals surface area contributed by atoms with E-state index < -0.39 is 0 Å². The summed E-state index contributed by atoms with van der Waals surface area (Å²) in [6.07, 6.45) is 3.47. The summed E-state index contributed by atoms with van der Waals surface area (Å²) in [5, 5.41) is 3.66. The summed E-state index contributed by atoms with van der Waals surface area (Å²) in [5.41, 5.74) is 4.67. The molecule has 2 aromatic heterocycles. The van der Waals surface area contributed by atoms with E-state index in [1.165, 1.54) is 5.56 Å². The van der Waals surface area contributed by atoms with Crippen LogP contribution < -0.4 is 19.7 Å². The lowest BCUT2D eigenvalue weighted by Crippen LogP contribution is -2.46. The molecule has 0 unspecified atom stereocenters. The molecule has 0 atom stereocenters. The molecule has 0 saturated carbocycles. The van der Waals surface area contributed by atoms with Gasteiger partial charge in [0, 0.05) is 76.2 Å². The standard InChI is InChI=1S/C32H34N6O4S/c1-40-20-27-16-30(38-12-10-37(11-13-38)19-23-7-8-28-29(15-23)42-22-41-28)36-32(35-27)43-21-24-4-2-6-26(14-24)31(39)34-18-25-5-3-9-33-17-25/h2-9,14-17H,10-13,18-22H2,1H3,(H,34,39). The summed E-state index contributed by atoms with van der Waals surface area (Å²) in [6, 6.07) is 19.7. The normalized spacial score (nSPS) is 14.6. The molecule has 0 aliphatic carbocycles. The van der Waals surface area contributed by atoms with E-state index in [0.717, 1.165) is 66.9 Å². The number of hydrogen-bond donors (Lipinski definition) is 1. The van der Waals surface area contributed by atoms with Gasteiger partial charge in [0.2, 0.25) is 6.79 Å². The SMILES string of the molecule is COCc1cc(N2CCN(Cc3ccc4c(c3)OCO4)CC2)nc(SCc2cccc(C(=O)NCc3cccnc3)c2)n1. The molecule has 4 aromatic rings. The number of carbonyl (C=O) groups is 1. The van der Waals surface area contributed by atoms with Gasteiger partial charge in [-0.2, -0.15) is 0 Å². The van der Waals surface area contributed by atoms with Gasteiger partial charge in [0.1, 0.15) is 5.82 Å². The van der Waals surface area contributed by atoms with E-state index in [0.29, 0.717) is 36.4 Å². The fraction of sp³-hybridized carbons (Fsp3) is 0.312. The van der Waals surface area contributed by atoms with E-state index in [1.54, 1.807) is 31.3 Å². The summed E-state index contributed by atoms with van der Waals surface area (Å²) >= 11 is 1.56. The number of ether oxygens (including phenoxy) is 3. The van der Waals surface area contributed by atoms with E-state index in [1.807, 2.05) is 48.5 Å². The molecule has 6 rings (SSSR count). The van der Waals surface area contributed by atoms with Crippen molar-refractivity contribution in [3.63, 3.8) is 0 Å². The van der Waals surface area contributed by atoms with E-state index in [9.17, 15) is 4.79 Å². The Morgan fingerprint density at radius 1 is 0.953 bits per heavy atom. The lowest BCUT2D eigenvalue weighted by atomic mass is 10.1. The molecular weight excluding hydrogens is 564 g/mol. The third-order valence-electron chi connectivity index (χ3n) is 7.31. The third-order valence-corrected chi connectivity index (χ3v) is 8.23. The van der Waals surface area contributed by atoms with Gasteiger partial charge in [0.05, 0.1) is 12.3 Å². The van der Waals surface area contributed by atoms with Crippen molar-refractivity contribution in [3.05, 3.63) is 101 Å². The molecule has 10 nitrogen and oxygen atoms in total. The number of fused-ring (bicyclic) bond motifs is 1. The largest absolute Gasteiger partial charge is 0.454 e. The Kier molecular flexibility index (Phi) is 9.31. The number of benzene rings is 2. The van der Waals surface area contributed by atoms with Gasteiger partial charge in [-0.25, -0.2) is 9.97 Å². The molecule has 2 aliphatic heterocycles. The van der Waals surface area contributed by atoms with Crippen molar-refractivity contribution in [2.45, 2.75) is 30.6 Å². The Bertz CT molecular complexity index is 1550. The van der Waals surface area contributed by atoms with Crippen molar-refractivity contribution in [1.29, 1.82) is 0 Å². The van der Waals surface area contributed by atoms with Crippen molar-refractivity contribution >= 4 is 23.5 Å². The van der Waals surface area contributed by atoms with Crippen molar-refractivity contribution in [1.82, 2.24) is 25.2 Å². The molecule has 4 heterocycles. The Balaban J connectivity index is 1.06. The zero-order valence-electron chi connectivity index (χ0n) is 24.1. The number of nitrogens with one attached hydrogen (secondary N) is 1. The van der Waals surface area contributed by atoms with E-state index in [-0.39, 0.29) is 5.91 Å². The number of rotatable bonds is 11. The van der Waals surface area contributed by atoms with Gasteiger partial charge >= 0.3 is 0 Å². The number of nitrogens with zero attached hydrogens (tertiary/aromatic N) is 5. The van der Waals surface area contributed by atoms with Gasteiger partial charge in [0.25, 0.3) is 5.91 Å². The van der Waals surface area contributed by atoms with Crippen LogP contribution in [0.4, 0.5) is 5.82 Å². The molecule has 222 valence electrons. The van der Waals surface area contributed by atoms with Gasteiger partial charge in [0.15, 0.2) is 16.7 Å². The van der Waals surface area contributed by atoms with Gasteiger partial charge in [-0.15, -0.1) is 0 Å². The first kappa shape index (κ1) is 28.9.